The molecule has 4 aromatic rings. The molecule has 39 heavy (non-hydrogen) atoms. The summed E-state index contributed by atoms with van der Waals surface area (Å²) in [7, 11) is 0. The van der Waals surface area contributed by atoms with Crippen molar-refractivity contribution in [3.8, 4) is 11.3 Å². The van der Waals surface area contributed by atoms with Crippen LogP contribution in [0.1, 0.15) is 79.4 Å². The zero-order valence-corrected chi connectivity index (χ0v) is 26.7. The molecule has 2 aromatic heterocycles. The molecule has 1 N–H and O–H groups in total. The predicted octanol–water partition coefficient (Wildman–Crippen LogP) is 9.10. The third-order valence-corrected chi connectivity index (χ3v) is 7.77. The van der Waals surface area contributed by atoms with Crippen LogP contribution in [0.3, 0.4) is 0 Å². The fourth-order valence-electron chi connectivity index (χ4n) is 5.01. The fourth-order valence-corrected chi connectivity index (χ4v) is 5.01. The van der Waals surface area contributed by atoms with E-state index in [-0.39, 0.29) is 54.3 Å². The van der Waals surface area contributed by atoms with Gasteiger partial charge < -0.3 is 14.5 Å². The first kappa shape index (κ1) is 30.8. The van der Waals surface area contributed by atoms with Crippen molar-refractivity contribution < 1.29 is 34.4 Å². The number of allylic oxidation sites excluding steroid dienone is 2. The predicted molar refractivity (Wildman–Crippen MR) is 156 cm³/mol. The first-order chi connectivity index (χ1) is 17.8. The van der Waals surface area contributed by atoms with Gasteiger partial charge in [0.2, 0.25) is 0 Å². The van der Waals surface area contributed by atoms with Crippen molar-refractivity contribution in [3.63, 3.8) is 0 Å². The number of ketones is 1. The number of hydrogen-bond acceptors (Lipinski definition) is 4. The number of rotatable bonds is 4. The van der Waals surface area contributed by atoms with Crippen LogP contribution in [0.15, 0.2) is 64.9 Å². The summed E-state index contributed by atoms with van der Waals surface area (Å²) < 4.78 is 6.29. The number of aliphatic hydroxyl groups excluding tert-OH is 1. The van der Waals surface area contributed by atoms with Crippen LogP contribution < -0.4 is 0 Å². The molecule has 0 saturated heterocycles. The van der Waals surface area contributed by atoms with Gasteiger partial charge >= 0.3 is 0 Å². The molecule has 1 aliphatic rings. The molecule has 0 spiro atoms. The standard InChI is InChI=1S/C25H24NO.C9H16O2.Ir/c1-24(2)11-12-25(3,4)19-15-21-17(14-18(19)24)22-20(27-21)10-13-26-23(22)16-8-6-5-7-9-16;1-6(2)8(10)5-9(11)7(3)4;/h5-8,10,13-15H,11-12H2,1-4H3;5-7,10H,1-4H3;/q-1;;/b;8-5-;. The SMILES string of the molecule is CC(C)C(=O)/C=C(\O)C(C)C.CC1(C)CCC(C)(C)c2cc3c(cc21)oc1ccnc(-c2[c-]cccc2)c13.[Ir]. The van der Waals surface area contributed by atoms with E-state index in [9.17, 15) is 9.90 Å². The smallest absolute Gasteiger partial charge is 0.161 e. The monoisotopic (exact) mass is 703 g/mol. The number of aromatic nitrogens is 1. The Morgan fingerprint density at radius 2 is 1.62 bits per heavy atom. The van der Waals surface area contributed by atoms with Crippen LogP contribution in [0.4, 0.5) is 0 Å². The van der Waals surface area contributed by atoms with Crippen LogP contribution in [0.2, 0.25) is 0 Å². The Bertz CT molecular complexity index is 1490. The number of aliphatic hydroxyl groups is 1. The molecule has 0 bridgehead atoms. The van der Waals surface area contributed by atoms with E-state index in [1.807, 2.05) is 58.2 Å². The average Bonchev–Trinajstić information content (AvgIpc) is 3.25. The Kier molecular flexibility index (Phi) is 9.30. The summed E-state index contributed by atoms with van der Waals surface area (Å²) in [6.45, 7) is 16.7. The summed E-state index contributed by atoms with van der Waals surface area (Å²) in [5.41, 5.74) is 7.01. The molecule has 1 aliphatic carbocycles. The zero-order chi connectivity index (χ0) is 27.8. The van der Waals surface area contributed by atoms with Gasteiger partial charge in [-0.25, -0.2) is 0 Å². The van der Waals surface area contributed by atoms with E-state index < -0.39 is 0 Å². The molecule has 0 saturated carbocycles. The molecular weight excluding hydrogens is 663 g/mol. The van der Waals surface area contributed by atoms with Gasteiger partial charge in [-0.05, 0) is 58.7 Å². The largest absolute Gasteiger partial charge is 0.512 e. The number of fused-ring (bicyclic) bond motifs is 4. The van der Waals surface area contributed by atoms with Gasteiger partial charge in [-0.1, -0.05) is 55.4 Å². The first-order valence-corrected chi connectivity index (χ1v) is 13.6. The fraction of sp³-hybridized carbons (Fsp3) is 0.412. The van der Waals surface area contributed by atoms with Gasteiger partial charge in [0.05, 0.1) is 5.76 Å². The maximum Gasteiger partial charge on any atom is 0.161 e. The van der Waals surface area contributed by atoms with Gasteiger partial charge in [-0.2, -0.15) is 0 Å². The number of carbonyl (C=O) groups excluding carboxylic acids is 1. The van der Waals surface area contributed by atoms with Crippen molar-refractivity contribution >= 4 is 27.7 Å². The quantitative estimate of drug-likeness (QED) is 0.131. The van der Waals surface area contributed by atoms with E-state index in [0.29, 0.717) is 0 Å². The molecule has 0 aliphatic heterocycles. The van der Waals surface area contributed by atoms with Crippen molar-refractivity contribution in [2.24, 2.45) is 11.8 Å². The van der Waals surface area contributed by atoms with Crippen molar-refractivity contribution in [1.82, 2.24) is 4.98 Å². The molecule has 5 rings (SSSR count). The summed E-state index contributed by atoms with van der Waals surface area (Å²) >= 11 is 0. The molecule has 0 fully saturated rings. The number of pyridine rings is 1. The van der Waals surface area contributed by atoms with Crippen LogP contribution in [-0.4, -0.2) is 15.9 Å². The minimum absolute atomic E-state index is 0. The maximum atomic E-state index is 11.0. The molecule has 2 aromatic carbocycles. The van der Waals surface area contributed by atoms with E-state index in [0.717, 1.165) is 33.2 Å². The second-order valence-electron chi connectivity index (χ2n) is 12.4. The summed E-state index contributed by atoms with van der Waals surface area (Å²) in [5, 5.41) is 11.4. The van der Waals surface area contributed by atoms with Crippen LogP contribution in [0, 0.1) is 17.9 Å². The number of nitrogens with zero attached hydrogens (tertiary/aromatic N) is 1. The van der Waals surface area contributed by atoms with Crippen molar-refractivity contribution in [2.75, 3.05) is 0 Å². The minimum Gasteiger partial charge on any atom is -0.512 e. The second kappa shape index (κ2) is 11.8. The third-order valence-electron chi connectivity index (χ3n) is 7.77. The first-order valence-electron chi connectivity index (χ1n) is 13.6. The van der Waals surface area contributed by atoms with Gasteiger partial charge in [0.15, 0.2) is 5.78 Å². The summed E-state index contributed by atoms with van der Waals surface area (Å²) in [4.78, 5) is 15.7. The minimum atomic E-state index is -0.0316. The number of furan rings is 1. The molecule has 2 heterocycles. The van der Waals surface area contributed by atoms with E-state index in [1.165, 1.54) is 30.0 Å². The summed E-state index contributed by atoms with van der Waals surface area (Å²) in [5.74, 6) is 0.161. The van der Waals surface area contributed by atoms with Crippen LogP contribution in [0.25, 0.3) is 33.2 Å². The Labute approximate surface area is 246 Å². The van der Waals surface area contributed by atoms with Crippen molar-refractivity contribution in [2.45, 2.75) is 79.1 Å². The topological polar surface area (TPSA) is 63.3 Å². The Hall–Kier alpha value is -2.75. The van der Waals surface area contributed by atoms with E-state index in [4.69, 9.17) is 4.42 Å². The maximum absolute atomic E-state index is 11.0. The van der Waals surface area contributed by atoms with Crippen molar-refractivity contribution in [3.05, 3.63) is 77.7 Å². The molecule has 0 atom stereocenters. The van der Waals surface area contributed by atoms with E-state index in [2.05, 4.69) is 56.9 Å². The van der Waals surface area contributed by atoms with Gasteiger partial charge in [-0.15, -0.1) is 35.9 Å². The molecule has 209 valence electrons. The number of carbonyl (C=O) groups is 1. The number of hydrogen-bond donors (Lipinski definition) is 1. The van der Waals surface area contributed by atoms with Crippen LogP contribution in [0.5, 0.6) is 0 Å². The zero-order valence-electron chi connectivity index (χ0n) is 24.3. The Morgan fingerprint density at radius 1 is 0.974 bits per heavy atom. The molecule has 1 radical (unpaired) electrons. The molecule has 0 amide bonds. The normalized spacial score (nSPS) is 16.0. The van der Waals surface area contributed by atoms with Crippen molar-refractivity contribution in [1.29, 1.82) is 0 Å². The average molecular weight is 703 g/mol. The van der Waals surface area contributed by atoms with E-state index >= 15 is 0 Å². The molecule has 4 nitrogen and oxygen atoms in total. The number of benzene rings is 2. The van der Waals surface area contributed by atoms with Crippen LogP contribution in [-0.2, 0) is 35.7 Å². The van der Waals surface area contributed by atoms with Crippen LogP contribution >= 0.6 is 0 Å². The Balaban J connectivity index is 0.000000301. The molecular formula is C34H40IrNO3-. The Morgan fingerprint density at radius 3 is 2.18 bits per heavy atom. The van der Waals surface area contributed by atoms with Gasteiger partial charge in [-0.3, -0.25) is 4.79 Å². The summed E-state index contributed by atoms with van der Waals surface area (Å²) in [6, 6.07) is 17.9. The molecule has 5 heteroatoms. The van der Waals surface area contributed by atoms with Gasteiger partial charge in [0.25, 0.3) is 0 Å². The second-order valence-corrected chi connectivity index (χ2v) is 12.4. The van der Waals surface area contributed by atoms with Gasteiger partial charge in [0, 0.05) is 55.0 Å². The summed E-state index contributed by atoms with van der Waals surface area (Å²) in [6.07, 6.45) is 5.54. The van der Waals surface area contributed by atoms with Gasteiger partial charge in [0.1, 0.15) is 11.2 Å². The van der Waals surface area contributed by atoms with E-state index in [1.54, 1.807) is 0 Å². The third kappa shape index (κ3) is 6.36. The molecule has 0 unspecified atom stereocenters.